The molecule has 0 fully saturated rings. The zero-order valence-electron chi connectivity index (χ0n) is 11.6. The Morgan fingerprint density at radius 3 is 3.00 bits per heavy atom. The smallest absolute Gasteiger partial charge is 0.158 e. The Hall–Kier alpha value is -2.73. The van der Waals surface area contributed by atoms with E-state index in [9.17, 15) is 0 Å². The standard InChI is InChI=1S/C15H15N5O/c1-21-9-15-19-13(16)7-14(20-15)18-12-4-2-3-10-5-6-17-8-11(10)12/h2-8H,9H2,1H3,(H3,16,18,19,20). The van der Waals surface area contributed by atoms with E-state index in [2.05, 4.69) is 20.3 Å². The number of ether oxygens (including phenoxy) is 1. The molecule has 0 spiro atoms. The summed E-state index contributed by atoms with van der Waals surface area (Å²) in [4.78, 5) is 12.7. The molecule has 3 aromatic rings. The van der Waals surface area contributed by atoms with Gasteiger partial charge < -0.3 is 15.8 Å². The molecule has 0 radical (unpaired) electrons. The van der Waals surface area contributed by atoms with Crippen LogP contribution in [0.25, 0.3) is 10.8 Å². The molecule has 106 valence electrons. The third-order valence-electron chi connectivity index (χ3n) is 3.01. The number of nitrogens with two attached hydrogens (primary N) is 1. The maximum Gasteiger partial charge on any atom is 0.158 e. The van der Waals surface area contributed by atoms with E-state index in [0.717, 1.165) is 16.5 Å². The van der Waals surface area contributed by atoms with Crippen molar-refractivity contribution in [2.75, 3.05) is 18.2 Å². The number of nitrogens with one attached hydrogen (secondary N) is 1. The van der Waals surface area contributed by atoms with Crippen LogP contribution in [0.3, 0.4) is 0 Å². The van der Waals surface area contributed by atoms with Crippen molar-refractivity contribution in [2.24, 2.45) is 0 Å². The van der Waals surface area contributed by atoms with Crippen LogP contribution in [0.1, 0.15) is 5.82 Å². The molecule has 21 heavy (non-hydrogen) atoms. The van der Waals surface area contributed by atoms with Gasteiger partial charge >= 0.3 is 0 Å². The topological polar surface area (TPSA) is 86.0 Å². The SMILES string of the molecule is COCc1nc(N)cc(Nc2cccc3ccncc23)n1. The van der Waals surface area contributed by atoms with Crippen LogP contribution in [0.2, 0.25) is 0 Å². The van der Waals surface area contributed by atoms with E-state index >= 15 is 0 Å². The summed E-state index contributed by atoms with van der Waals surface area (Å²) in [7, 11) is 1.59. The summed E-state index contributed by atoms with van der Waals surface area (Å²) in [6, 6.07) is 9.63. The van der Waals surface area contributed by atoms with E-state index in [1.807, 2.05) is 30.5 Å². The molecular weight excluding hydrogens is 266 g/mol. The molecule has 1 aromatic carbocycles. The van der Waals surface area contributed by atoms with Crippen LogP contribution >= 0.6 is 0 Å². The number of rotatable bonds is 4. The van der Waals surface area contributed by atoms with Crippen molar-refractivity contribution in [3.05, 3.63) is 48.5 Å². The van der Waals surface area contributed by atoms with E-state index in [1.54, 1.807) is 19.4 Å². The number of nitrogen functional groups attached to an aromatic ring is 1. The Bertz CT molecular complexity index is 770. The van der Waals surface area contributed by atoms with Gasteiger partial charge in [0.1, 0.15) is 18.2 Å². The summed E-state index contributed by atoms with van der Waals surface area (Å²) in [5.74, 6) is 1.57. The fourth-order valence-electron chi connectivity index (χ4n) is 2.14. The average molecular weight is 281 g/mol. The van der Waals surface area contributed by atoms with Gasteiger partial charge in [0.15, 0.2) is 5.82 Å². The van der Waals surface area contributed by atoms with Crippen LogP contribution in [0, 0.1) is 0 Å². The average Bonchev–Trinajstić information content (AvgIpc) is 2.47. The minimum Gasteiger partial charge on any atom is -0.384 e. The molecule has 2 aromatic heterocycles. The van der Waals surface area contributed by atoms with Crippen LogP contribution in [-0.2, 0) is 11.3 Å². The van der Waals surface area contributed by atoms with Crippen molar-refractivity contribution in [3.8, 4) is 0 Å². The molecule has 0 bridgehead atoms. The minimum absolute atomic E-state index is 0.316. The van der Waals surface area contributed by atoms with Gasteiger partial charge in [0.2, 0.25) is 0 Å². The van der Waals surface area contributed by atoms with Gasteiger partial charge in [-0.25, -0.2) is 9.97 Å². The summed E-state index contributed by atoms with van der Waals surface area (Å²) in [5, 5.41) is 5.38. The second kappa shape index (κ2) is 5.72. The molecule has 6 nitrogen and oxygen atoms in total. The molecule has 0 aliphatic heterocycles. The third-order valence-corrected chi connectivity index (χ3v) is 3.01. The Morgan fingerprint density at radius 2 is 2.14 bits per heavy atom. The van der Waals surface area contributed by atoms with E-state index in [4.69, 9.17) is 10.5 Å². The van der Waals surface area contributed by atoms with Crippen molar-refractivity contribution in [1.29, 1.82) is 0 Å². The van der Waals surface area contributed by atoms with Gasteiger partial charge in [0.25, 0.3) is 0 Å². The molecule has 0 atom stereocenters. The second-order valence-electron chi connectivity index (χ2n) is 4.55. The first-order valence-corrected chi connectivity index (χ1v) is 6.48. The normalized spacial score (nSPS) is 10.7. The lowest BCUT2D eigenvalue weighted by molar-refractivity contribution is 0.178. The molecule has 0 saturated carbocycles. The van der Waals surface area contributed by atoms with Crippen LogP contribution in [0.5, 0.6) is 0 Å². The number of pyridine rings is 1. The first kappa shape index (κ1) is 13.3. The predicted molar refractivity (Wildman–Crippen MR) is 82.2 cm³/mol. The van der Waals surface area contributed by atoms with E-state index in [0.29, 0.717) is 24.1 Å². The lowest BCUT2D eigenvalue weighted by atomic mass is 10.1. The van der Waals surface area contributed by atoms with Crippen LogP contribution < -0.4 is 11.1 Å². The molecule has 0 saturated heterocycles. The Morgan fingerprint density at radius 1 is 1.24 bits per heavy atom. The first-order chi connectivity index (χ1) is 10.3. The number of hydrogen-bond acceptors (Lipinski definition) is 6. The summed E-state index contributed by atoms with van der Waals surface area (Å²) in [5.41, 5.74) is 6.72. The molecule has 0 aliphatic rings. The van der Waals surface area contributed by atoms with Crippen molar-refractivity contribution in [3.63, 3.8) is 0 Å². The maximum absolute atomic E-state index is 5.80. The highest BCUT2D eigenvalue weighted by Gasteiger charge is 2.05. The number of anilines is 3. The first-order valence-electron chi connectivity index (χ1n) is 6.48. The Labute approximate surface area is 122 Å². The Balaban J connectivity index is 1.98. The van der Waals surface area contributed by atoms with Gasteiger partial charge in [0, 0.05) is 36.6 Å². The number of hydrogen-bond donors (Lipinski definition) is 2. The number of fused-ring (bicyclic) bond motifs is 1. The molecule has 6 heteroatoms. The summed E-state index contributed by atoms with van der Waals surface area (Å²) < 4.78 is 5.04. The zero-order valence-corrected chi connectivity index (χ0v) is 11.6. The molecule has 3 rings (SSSR count). The number of nitrogens with zero attached hydrogens (tertiary/aromatic N) is 3. The summed E-state index contributed by atoms with van der Waals surface area (Å²) in [6.07, 6.45) is 3.59. The minimum atomic E-state index is 0.316. The maximum atomic E-state index is 5.80. The lowest BCUT2D eigenvalue weighted by Crippen LogP contribution is -2.04. The molecule has 3 N–H and O–H groups in total. The quantitative estimate of drug-likeness (QED) is 0.764. The Kier molecular flexibility index (Phi) is 3.61. The summed E-state index contributed by atoms with van der Waals surface area (Å²) >= 11 is 0. The van der Waals surface area contributed by atoms with Crippen LogP contribution in [-0.4, -0.2) is 22.1 Å². The molecule has 0 unspecified atom stereocenters. The van der Waals surface area contributed by atoms with Crippen molar-refractivity contribution < 1.29 is 4.74 Å². The van der Waals surface area contributed by atoms with Gasteiger partial charge in [-0.15, -0.1) is 0 Å². The van der Waals surface area contributed by atoms with Gasteiger partial charge in [0.05, 0.1) is 0 Å². The van der Waals surface area contributed by atoms with Crippen molar-refractivity contribution >= 4 is 28.1 Å². The highest BCUT2D eigenvalue weighted by atomic mass is 16.5. The summed E-state index contributed by atoms with van der Waals surface area (Å²) in [6.45, 7) is 0.316. The number of benzene rings is 1. The van der Waals surface area contributed by atoms with Gasteiger partial charge in [-0.05, 0) is 17.5 Å². The molecule has 0 aliphatic carbocycles. The fourth-order valence-corrected chi connectivity index (χ4v) is 2.14. The zero-order chi connectivity index (χ0) is 14.7. The number of methoxy groups -OCH3 is 1. The second-order valence-corrected chi connectivity index (χ2v) is 4.55. The highest BCUT2D eigenvalue weighted by Crippen LogP contribution is 2.25. The van der Waals surface area contributed by atoms with Gasteiger partial charge in [-0.1, -0.05) is 12.1 Å². The van der Waals surface area contributed by atoms with Crippen molar-refractivity contribution in [1.82, 2.24) is 15.0 Å². The molecular formula is C15H15N5O. The van der Waals surface area contributed by atoms with E-state index in [1.165, 1.54) is 0 Å². The lowest BCUT2D eigenvalue weighted by Gasteiger charge is -2.10. The van der Waals surface area contributed by atoms with E-state index < -0.39 is 0 Å². The van der Waals surface area contributed by atoms with Crippen LogP contribution in [0.4, 0.5) is 17.3 Å². The molecule has 0 amide bonds. The van der Waals surface area contributed by atoms with Crippen LogP contribution in [0.15, 0.2) is 42.7 Å². The third kappa shape index (κ3) is 2.90. The van der Waals surface area contributed by atoms with Gasteiger partial charge in [-0.2, -0.15) is 0 Å². The number of aromatic nitrogens is 3. The predicted octanol–water partition coefficient (Wildman–Crippen LogP) is 2.50. The van der Waals surface area contributed by atoms with E-state index in [-0.39, 0.29) is 0 Å². The highest BCUT2D eigenvalue weighted by molar-refractivity contribution is 5.94. The fraction of sp³-hybridized carbons (Fsp3) is 0.133. The largest absolute Gasteiger partial charge is 0.384 e. The van der Waals surface area contributed by atoms with Gasteiger partial charge in [-0.3, -0.25) is 4.98 Å². The monoisotopic (exact) mass is 281 g/mol. The molecule has 2 heterocycles. The van der Waals surface area contributed by atoms with Crippen molar-refractivity contribution in [2.45, 2.75) is 6.61 Å².